The van der Waals surface area contributed by atoms with Crippen molar-refractivity contribution in [3.05, 3.63) is 36.5 Å². The molecule has 0 atom stereocenters. The molecule has 0 aliphatic rings. The molecule has 0 aromatic heterocycles. The van der Waals surface area contributed by atoms with Crippen molar-refractivity contribution >= 4 is 6.29 Å². The average molecular weight is 261 g/mol. The zero-order valence-corrected chi connectivity index (χ0v) is 12.4. The van der Waals surface area contributed by atoms with Crippen molar-refractivity contribution in [2.45, 2.75) is 71.1 Å². The highest BCUT2D eigenvalue weighted by Gasteiger charge is 1.90. The summed E-state index contributed by atoms with van der Waals surface area (Å²) in [6.45, 7) is 2.26. The average Bonchev–Trinajstić information content (AvgIpc) is 2.43. The Kier molecular flexibility index (Phi) is 15.9. The van der Waals surface area contributed by atoms with Crippen molar-refractivity contribution in [1.29, 1.82) is 0 Å². The quantitative estimate of drug-likeness (QED) is 0.236. The van der Waals surface area contributed by atoms with Gasteiger partial charge in [0.05, 0.1) is 0 Å². The summed E-state index contributed by atoms with van der Waals surface area (Å²) in [5.74, 6) is 0. The van der Waals surface area contributed by atoms with Crippen molar-refractivity contribution in [3.63, 3.8) is 0 Å². The van der Waals surface area contributed by atoms with Crippen LogP contribution in [0.5, 0.6) is 0 Å². The van der Waals surface area contributed by atoms with Crippen LogP contribution in [0.2, 0.25) is 0 Å². The second-order valence-electron chi connectivity index (χ2n) is 4.91. The van der Waals surface area contributed by atoms with E-state index >= 15 is 0 Å². The Morgan fingerprint density at radius 1 is 0.737 bits per heavy atom. The molecule has 0 unspecified atom stereocenters. The van der Waals surface area contributed by atoms with Gasteiger partial charge in [-0.2, -0.15) is 0 Å². The summed E-state index contributed by atoms with van der Waals surface area (Å²) in [7, 11) is 0. The first-order chi connectivity index (χ1) is 9.41. The minimum absolute atomic E-state index is 1.16. The molecule has 0 N–H and O–H groups in total. The largest absolute Gasteiger partial charge is 0.286 e. The van der Waals surface area contributed by atoms with Gasteiger partial charge < -0.3 is 0 Å². The number of rotatable bonds is 13. The van der Waals surface area contributed by atoms with Gasteiger partial charge in [-0.25, -0.2) is 0 Å². The maximum absolute atomic E-state index is 9.88. The molecule has 0 amide bonds. The minimum atomic E-state index is 1.16. The van der Waals surface area contributed by atoms with Gasteiger partial charge in [-0.1, -0.05) is 88.7 Å². The third-order valence-electron chi connectivity index (χ3n) is 3.11. The molecule has 0 aromatic rings. The molecule has 0 saturated heterocycles. The lowest BCUT2D eigenvalue weighted by Gasteiger charge is -2.00. The van der Waals surface area contributed by atoms with E-state index in [9.17, 15) is 4.79 Å². The molecule has 0 aliphatic heterocycles. The van der Waals surface area contributed by atoms with Crippen molar-refractivity contribution in [3.8, 4) is 0 Å². The minimum Gasteiger partial charge on any atom is -0.286 e. The third-order valence-corrected chi connectivity index (χ3v) is 3.11. The van der Waals surface area contributed by atoms with Gasteiger partial charge in [0.2, 0.25) is 6.29 Å². The molecule has 1 radical (unpaired) electrons. The van der Waals surface area contributed by atoms with Gasteiger partial charge in [-0.05, 0) is 18.9 Å². The Morgan fingerprint density at radius 3 is 1.95 bits per heavy atom. The van der Waals surface area contributed by atoms with E-state index < -0.39 is 0 Å². The number of carbonyl (C=O) groups excluding carboxylic acids is 1. The Morgan fingerprint density at radius 2 is 1.32 bits per heavy atom. The lowest BCUT2D eigenvalue weighted by Crippen LogP contribution is -1.80. The molecule has 0 heterocycles. The van der Waals surface area contributed by atoms with Crippen molar-refractivity contribution in [2.75, 3.05) is 0 Å². The van der Waals surface area contributed by atoms with Gasteiger partial charge in [0.15, 0.2) is 0 Å². The smallest absolute Gasteiger partial charge is 0.225 e. The fourth-order valence-corrected chi connectivity index (χ4v) is 1.97. The first kappa shape index (κ1) is 17.9. The van der Waals surface area contributed by atoms with Crippen LogP contribution in [0.4, 0.5) is 0 Å². The highest BCUT2D eigenvalue weighted by Crippen LogP contribution is 2.10. The summed E-state index contributed by atoms with van der Waals surface area (Å²) in [6, 6.07) is 0. The molecule has 0 aromatic carbocycles. The van der Waals surface area contributed by atoms with E-state index in [-0.39, 0.29) is 0 Å². The van der Waals surface area contributed by atoms with Crippen LogP contribution in [0.15, 0.2) is 36.5 Å². The van der Waals surface area contributed by atoms with E-state index in [2.05, 4.69) is 13.0 Å². The fourth-order valence-electron chi connectivity index (χ4n) is 1.97. The summed E-state index contributed by atoms with van der Waals surface area (Å²) in [6.07, 6.45) is 26.4. The molecule has 0 spiro atoms. The van der Waals surface area contributed by atoms with Gasteiger partial charge in [0, 0.05) is 0 Å². The number of hydrogen-bond acceptors (Lipinski definition) is 1. The molecule has 0 bridgehead atoms. The number of hydrogen-bond donors (Lipinski definition) is 0. The van der Waals surface area contributed by atoms with Crippen LogP contribution in [0.3, 0.4) is 0 Å². The van der Waals surface area contributed by atoms with Crippen LogP contribution < -0.4 is 0 Å². The van der Waals surface area contributed by atoms with E-state index in [0.29, 0.717) is 0 Å². The van der Waals surface area contributed by atoms with Crippen LogP contribution in [0.25, 0.3) is 0 Å². The van der Waals surface area contributed by atoms with E-state index in [1.54, 1.807) is 12.4 Å². The predicted molar refractivity (Wildman–Crippen MR) is 85.0 cm³/mol. The summed E-state index contributed by atoms with van der Waals surface area (Å²) < 4.78 is 0. The second-order valence-corrected chi connectivity index (χ2v) is 4.91. The van der Waals surface area contributed by atoms with Gasteiger partial charge in [-0.3, -0.25) is 4.79 Å². The highest BCUT2D eigenvalue weighted by molar-refractivity contribution is 5.66. The second kappa shape index (κ2) is 16.9. The summed E-state index contributed by atoms with van der Waals surface area (Å²) in [4.78, 5) is 9.88. The molecule has 0 aliphatic carbocycles. The van der Waals surface area contributed by atoms with Gasteiger partial charge in [0.1, 0.15) is 0 Å². The van der Waals surface area contributed by atoms with Gasteiger partial charge >= 0.3 is 0 Å². The van der Waals surface area contributed by atoms with E-state index in [1.165, 1.54) is 63.9 Å². The molecular weight excluding hydrogens is 232 g/mol. The first-order valence-electron chi connectivity index (χ1n) is 7.77. The number of unbranched alkanes of at least 4 members (excludes halogenated alkanes) is 9. The third kappa shape index (κ3) is 16.9. The van der Waals surface area contributed by atoms with Crippen molar-refractivity contribution < 1.29 is 4.79 Å². The standard InChI is InChI=1S/C18H29O/c1-2-3-4-5-6-7-8-9-10-11-12-13-14-15-16-17-18-19/h12-17H,2-11H2,1H3. The molecule has 107 valence electrons. The lowest BCUT2D eigenvalue weighted by atomic mass is 10.1. The van der Waals surface area contributed by atoms with Crippen LogP contribution >= 0.6 is 0 Å². The van der Waals surface area contributed by atoms with Crippen LogP contribution in [-0.4, -0.2) is 6.29 Å². The topological polar surface area (TPSA) is 17.1 Å². The molecular formula is C18H29O. The fraction of sp³-hybridized carbons (Fsp3) is 0.611. The highest BCUT2D eigenvalue weighted by atomic mass is 16.1. The summed E-state index contributed by atoms with van der Waals surface area (Å²) in [5.41, 5.74) is 0. The Labute approximate surface area is 119 Å². The molecule has 0 fully saturated rings. The summed E-state index contributed by atoms with van der Waals surface area (Å²) >= 11 is 0. The normalized spacial score (nSPS) is 12.1. The molecule has 1 heteroatoms. The molecule has 1 nitrogen and oxygen atoms in total. The van der Waals surface area contributed by atoms with E-state index in [4.69, 9.17) is 0 Å². The SMILES string of the molecule is CCCCCCCCCCCC=CC=CC=C[C]=O. The molecule has 19 heavy (non-hydrogen) atoms. The first-order valence-corrected chi connectivity index (χ1v) is 7.77. The Hall–Kier alpha value is -1.11. The van der Waals surface area contributed by atoms with Crippen molar-refractivity contribution in [1.82, 2.24) is 0 Å². The Bertz CT molecular complexity index is 261. The maximum atomic E-state index is 9.88. The predicted octanol–water partition coefficient (Wildman–Crippen LogP) is 5.69. The van der Waals surface area contributed by atoms with E-state index in [0.717, 1.165) is 6.42 Å². The lowest BCUT2D eigenvalue weighted by molar-refractivity contribution is 0.564. The van der Waals surface area contributed by atoms with Crippen LogP contribution in [-0.2, 0) is 4.79 Å². The van der Waals surface area contributed by atoms with Crippen LogP contribution in [0.1, 0.15) is 71.1 Å². The molecule has 0 rings (SSSR count). The zero-order valence-electron chi connectivity index (χ0n) is 12.4. The van der Waals surface area contributed by atoms with Gasteiger partial charge in [-0.15, -0.1) is 0 Å². The zero-order chi connectivity index (χ0) is 14.0. The van der Waals surface area contributed by atoms with Crippen molar-refractivity contribution in [2.24, 2.45) is 0 Å². The monoisotopic (exact) mass is 261 g/mol. The molecule has 0 saturated carbocycles. The van der Waals surface area contributed by atoms with E-state index in [1.807, 2.05) is 18.2 Å². The Balaban J connectivity index is 3.17. The maximum Gasteiger partial charge on any atom is 0.225 e. The summed E-state index contributed by atoms with van der Waals surface area (Å²) in [5, 5.41) is 0. The number of allylic oxidation sites excluding steroid dienone is 6. The van der Waals surface area contributed by atoms with Gasteiger partial charge in [0.25, 0.3) is 0 Å². The van der Waals surface area contributed by atoms with Crippen LogP contribution in [0, 0.1) is 0 Å².